The van der Waals surface area contributed by atoms with Crippen LogP contribution in [-0.2, 0) is 4.79 Å². The average Bonchev–Trinajstić information content (AvgIpc) is 2.91. The third-order valence-corrected chi connectivity index (χ3v) is 4.22. The Morgan fingerprint density at radius 3 is 2.43 bits per heavy atom. The number of halogens is 1. The van der Waals surface area contributed by atoms with Crippen molar-refractivity contribution in [3.63, 3.8) is 0 Å². The maximum Gasteiger partial charge on any atom is 0.279 e. The second kappa shape index (κ2) is 7.19. The van der Waals surface area contributed by atoms with Gasteiger partial charge in [0.1, 0.15) is 0 Å². The summed E-state index contributed by atoms with van der Waals surface area (Å²) in [5.74, 6) is -0.734. The third-order valence-electron chi connectivity index (χ3n) is 2.60. The summed E-state index contributed by atoms with van der Waals surface area (Å²) in [6, 6.07) is 11.2. The van der Waals surface area contributed by atoms with Gasteiger partial charge in [0, 0.05) is 6.08 Å². The van der Waals surface area contributed by atoms with Gasteiger partial charge < -0.3 is 0 Å². The van der Waals surface area contributed by atoms with Crippen molar-refractivity contribution in [2.75, 3.05) is 0 Å². The fourth-order valence-electron chi connectivity index (χ4n) is 1.51. The molecule has 0 bridgehead atoms. The lowest BCUT2D eigenvalue weighted by molar-refractivity contribution is -0.117. The molecule has 0 aliphatic rings. The summed E-state index contributed by atoms with van der Waals surface area (Å²) >= 11 is 4.57. The molecule has 6 heteroatoms. The van der Waals surface area contributed by atoms with E-state index in [1.165, 1.54) is 17.4 Å². The number of hydrogen-bond donors (Lipinski definition) is 2. The minimum absolute atomic E-state index is 0.345. The standard InChI is InChI=1S/C15H13BrN2O2S/c1-10-2-4-11(5-3-10)6-9-14(19)17-18-15(20)12-7-8-13(16)21-12/h2-9H,1H3,(H,17,19)(H,18,20)/b9-6+. The van der Waals surface area contributed by atoms with E-state index in [2.05, 4.69) is 26.8 Å². The van der Waals surface area contributed by atoms with Gasteiger partial charge in [0.2, 0.25) is 0 Å². The summed E-state index contributed by atoms with van der Waals surface area (Å²) in [5, 5.41) is 0. The first kappa shape index (κ1) is 15.5. The first-order chi connectivity index (χ1) is 10.0. The van der Waals surface area contributed by atoms with Crippen LogP contribution >= 0.6 is 27.3 Å². The maximum absolute atomic E-state index is 11.7. The zero-order valence-electron chi connectivity index (χ0n) is 11.2. The van der Waals surface area contributed by atoms with E-state index in [1.807, 2.05) is 31.2 Å². The molecular formula is C15H13BrN2O2S. The van der Waals surface area contributed by atoms with Crippen molar-refractivity contribution < 1.29 is 9.59 Å². The number of hydrogen-bond acceptors (Lipinski definition) is 3. The van der Waals surface area contributed by atoms with Crippen molar-refractivity contribution in [2.24, 2.45) is 0 Å². The van der Waals surface area contributed by atoms with Gasteiger partial charge in [-0.25, -0.2) is 0 Å². The van der Waals surface area contributed by atoms with Crippen molar-refractivity contribution in [1.29, 1.82) is 0 Å². The Bertz CT molecular complexity index is 677. The molecule has 0 unspecified atom stereocenters. The third kappa shape index (κ3) is 4.84. The molecular weight excluding hydrogens is 352 g/mol. The molecule has 2 aromatic rings. The van der Waals surface area contributed by atoms with Gasteiger partial charge >= 0.3 is 0 Å². The minimum atomic E-state index is -0.389. The fraction of sp³-hybridized carbons (Fsp3) is 0.0667. The highest BCUT2D eigenvalue weighted by molar-refractivity contribution is 9.11. The molecule has 108 valence electrons. The van der Waals surface area contributed by atoms with E-state index >= 15 is 0 Å². The molecule has 2 rings (SSSR count). The van der Waals surface area contributed by atoms with Crippen LogP contribution < -0.4 is 10.9 Å². The average molecular weight is 365 g/mol. The SMILES string of the molecule is Cc1ccc(/C=C/C(=O)NNC(=O)c2ccc(Br)s2)cc1. The normalized spacial score (nSPS) is 10.6. The first-order valence-electron chi connectivity index (χ1n) is 6.15. The second-order valence-corrected chi connectivity index (χ2v) is 6.75. The van der Waals surface area contributed by atoms with Crippen LogP contribution in [-0.4, -0.2) is 11.8 Å². The van der Waals surface area contributed by atoms with Crippen LogP contribution in [0.2, 0.25) is 0 Å². The zero-order valence-corrected chi connectivity index (χ0v) is 13.6. The molecule has 0 saturated heterocycles. The summed E-state index contributed by atoms with van der Waals surface area (Å²) in [6.07, 6.45) is 3.05. The molecule has 1 aromatic heterocycles. The van der Waals surface area contributed by atoms with E-state index in [9.17, 15) is 9.59 Å². The number of thiophene rings is 1. The molecule has 0 fully saturated rings. The van der Waals surface area contributed by atoms with E-state index in [0.717, 1.165) is 14.9 Å². The largest absolute Gasteiger partial charge is 0.279 e. The van der Waals surface area contributed by atoms with Crippen LogP contribution in [0.1, 0.15) is 20.8 Å². The monoisotopic (exact) mass is 364 g/mol. The molecule has 2 amide bonds. The molecule has 1 heterocycles. The quantitative estimate of drug-likeness (QED) is 0.648. The fourth-order valence-corrected chi connectivity index (χ4v) is 2.79. The molecule has 0 spiro atoms. The molecule has 1 aromatic carbocycles. The lowest BCUT2D eigenvalue weighted by atomic mass is 10.1. The molecule has 21 heavy (non-hydrogen) atoms. The molecule has 0 saturated carbocycles. The van der Waals surface area contributed by atoms with E-state index in [-0.39, 0.29) is 11.8 Å². The summed E-state index contributed by atoms with van der Waals surface area (Å²) in [5.41, 5.74) is 6.77. The number of carbonyl (C=O) groups excluding carboxylic acids is 2. The summed E-state index contributed by atoms with van der Waals surface area (Å²) in [7, 11) is 0. The van der Waals surface area contributed by atoms with E-state index in [1.54, 1.807) is 18.2 Å². The number of carbonyl (C=O) groups is 2. The molecule has 2 N–H and O–H groups in total. The number of benzene rings is 1. The van der Waals surface area contributed by atoms with Gasteiger partial charge in [0.15, 0.2) is 0 Å². The summed E-state index contributed by atoms with van der Waals surface area (Å²) in [4.78, 5) is 23.8. The van der Waals surface area contributed by atoms with Crippen LogP contribution in [0.25, 0.3) is 6.08 Å². The first-order valence-corrected chi connectivity index (χ1v) is 7.76. The van der Waals surface area contributed by atoms with Gasteiger partial charge in [0.25, 0.3) is 11.8 Å². The Balaban J connectivity index is 1.84. The number of aryl methyl sites for hydroxylation is 1. The van der Waals surface area contributed by atoms with Crippen molar-refractivity contribution in [1.82, 2.24) is 10.9 Å². The smallest absolute Gasteiger partial charge is 0.268 e. The lowest BCUT2D eigenvalue weighted by Crippen LogP contribution is -2.40. The van der Waals surface area contributed by atoms with Crippen LogP contribution in [0.15, 0.2) is 46.3 Å². The predicted octanol–water partition coefficient (Wildman–Crippen LogP) is 3.29. The Hall–Kier alpha value is -1.92. The minimum Gasteiger partial charge on any atom is -0.268 e. The van der Waals surface area contributed by atoms with Gasteiger partial charge in [-0.3, -0.25) is 20.4 Å². The van der Waals surface area contributed by atoms with Crippen molar-refractivity contribution >= 4 is 45.2 Å². The molecule has 4 nitrogen and oxygen atoms in total. The zero-order chi connectivity index (χ0) is 15.2. The Labute approximate surface area is 135 Å². The number of rotatable bonds is 3. The van der Waals surface area contributed by atoms with Gasteiger partial charge in [-0.2, -0.15) is 0 Å². The van der Waals surface area contributed by atoms with Crippen LogP contribution in [0.5, 0.6) is 0 Å². The highest BCUT2D eigenvalue weighted by atomic mass is 79.9. The molecule has 0 aliphatic heterocycles. The van der Waals surface area contributed by atoms with E-state index in [4.69, 9.17) is 0 Å². The molecule has 0 radical (unpaired) electrons. The molecule has 0 aliphatic carbocycles. The maximum atomic E-state index is 11.7. The summed E-state index contributed by atoms with van der Waals surface area (Å²) < 4.78 is 0.859. The second-order valence-electron chi connectivity index (χ2n) is 4.29. The van der Waals surface area contributed by atoms with Gasteiger partial charge in [0.05, 0.1) is 8.66 Å². The lowest BCUT2D eigenvalue weighted by Gasteiger charge is -2.03. The highest BCUT2D eigenvalue weighted by Gasteiger charge is 2.08. The number of hydrazine groups is 1. The van der Waals surface area contributed by atoms with Crippen molar-refractivity contribution in [2.45, 2.75) is 6.92 Å². The van der Waals surface area contributed by atoms with Crippen LogP contribution in [0.4, 0.5) is 0 Å². The Morgan fingerprint density at radius 1 is 1.10 bits per heavy atom. The van der Waals surface area contributed by atoms with Crippen LogP contribution in [0, 0.1) is 6.92 Å². The van der Waals surface area contributed by atoms with Gasteiger partial charge in [-0.15, -0.1) is 11.3 Å². The topological polar surface area (TPSA) is 58.2 Å². The van der Waals surface area contributed by atoms with Gasteiger partial charge in [-0.05, 0) is 46.6 Å². The van der Waals surface area contributed by atoms with E-state index < -0.39 is 0 Å². The van der Waals surface area contributed by atoms with Crippen molar-refractivity contribution in [3.8, 4) is 0 Å². The number of nitrogens with one attached hydrogen (secondary N) is 2. The Kier molecular flexibility index (Phi) is 5.30. The molecule has 0 atom stereocenters. The summed E-state index contributed by atoms with van der Waals surface area (Å²) in [6.45, 7) is 2.00. The Morgan fingerprint density at radius 2 is 1.81 bits per heavy atom. The van der Waals surface area contributed by atoms with E-state index in [0.29, 0.717) is 4.88 Å². The highest BCUT2D eigenvalue weighted by Crippen LogP contribution is 2.21. The van der Waals surface area contributed by atoms with Crippen molar-refractivity contribution in [3.05, 3.63) is 62.3 Å². The number of amides is 2. The van der Waals surface area contributed by atoms with Gasteiger partial charge in [-0.1, -0.05) is 29.8 Å². The predicted molar refractivity (Wildman–Crippen MR) is 87.8 cm³/mol. The van der Waals surface area contributed by atoms with Crippen LogP contribution in [0.3, 0.4) is 0 Å².